The number of fused-ring (bicyclic) bond motifs is 2. The first-order chi connectivity index (χ1) is 11.2. The molecule has 3 aliphatic heterocycles. The van der Waals surface area contributed by atoms with Crippen LogP contribution in [0, 0.1) is 5.92 Å². The minimum atomic E-state index is 0.359. The molecule has 1 aromatic rings. The van der Waals surface area contributed by atoms with E-state index in [1.165, 1.54) is 44.6 Å². The second-order valence-corrected chi connectivity index (χ2v) is 7.59. The van der Waals surface area contributed by atoms with E-state index in [0.29, 0.717) is 18.8 Å². The summed E-state index contributed by atoms with van der Waals surface area (Å²) in [7, 11) is 0. The van der Waals surface area contributed by atoms with Gasteiger partial charge in [-0.3, -0.25) is 9.80 Å². The standard InChI is InChI=1S/C19H28N2O2/c1-14(8-16-5-6-18-19(9-16)23-13-22-18)10-21-12-17-4-3-7-20(17)11-15(21)2/h5-6,9,14-15,17H,3-4,7-8,10-13H2,1-2H3/t14-,15-,17+/m1/s1. The summed E-state index contributed by atoms with van der Waals surface area (Å²) in [4.78, 5) is 5.41. The molecule has 0 saturated carbocycles. The Kier molecular flexibility index (Phi) is 4.20. The fraction of sp³-hybridized carbons (Fsp3) is 0.684. The van der Waals surface area contributed by atoms with Crippen LogP contribution in [0.5, 0.6) is 11.5 Å². The molecule has 0 aromatic heterocycles. The molecule has 23 heavy (non-hydrogen) atoms. The minimum Gasteiger partial charge on any atom is -0.454 e. The van der Waals surface area contributed by atoms with Crippen molar-refractivity contribution in [3.05, 3.63) is 23.8 Å². The Hall–Kier alpha value is -1.26. The quantitative estimate of drug-likeness (QED) is 0.853. The maximum Gasteiger partial charge on any atom is 0.231 e. The second-order valence-electron chi connectivity index (χ2n) is 7.59. The van der Waals surface area contributed by atoms with Crippen LogP contribution in [0.4, 0.5) is 0 Å². The molecule has 4 heteroatoms. The van der Waals surface area contributed by atoms with Crippen molar-refractivity contribution in [1.82, 2.24) is 9.80 Å². The largest absolute Gasteiger partial charge is 0.454 e. The predicted molar refractivity (Wildman–Crippen MR) is 91.1 cm³/mol. The molecule has 0 amide bonds. The Bertz CT molecular complexity index is 562. The Morgan fingerprint density at radius 2 is 2.09 bits per heavy atom. The number of ether oxygens (including phenoxy) is 2. The molecule has 3 aliphatic rings. The van der Waals surface area contributed by atoms with Crippen LogP contribution < -0.4 is 9.47 Å². The summed E-state index contributed by atoms with van der Waals surface area (Å²) in [5, 5.41) is 0. The lowest BCUT2D eigenvalue weighted by molar-refractivity contribution is 0.0499. The third kappa shape index (κ3) is 3.20. The molecule has 4 rings (SSSR count). The molecule has 4 nitrogen and oxygen atoms in total. The number of hydrogen-bond donors (Lipinski definition) is 0. The summed E-state index contributed by atoms with van der Waals surface area (Å²) in [5.41, 5.74) is 1.36. The topological polar surface area (TPSA) is 24.9 Å². The van der Waals surface area contributed by atoms with E-state index in [0.717, 1.165) is 24.0 Å². The number of hydrogen-bond acceptors (Lipinski definition) is 4. The number of piperazine rings is 1. The fourth-order valence-corrected chi connectivity index (χ4v) is 4.44. The molecule has 0 aliphatic carbocycles. The van der Waals surface area contributed by atoms with Gasteiger partial charge in [0.05, 0.1) is 0 Å². The number of benzene rings is 1. The summed E-state index contributed by atoms with van der Waals surface area (Å²) < 4.78 is 10.9. The third-order valence-corrected chi connectivity index (χ3v) is 5.63. The average Bonchev–Trinajstić information content (AvgIpc) is 3.15. The monoisotopic (exact) mass is 316 g/mol. The Labute approximate surface area is 139 Å². The maximum absolute atomic E-state index is 5.50. The molecule has 0 bridgehead atoms. The van der Waals surface area contributed by atoms with E-state index in [9.17, 15) is 0 Å². The van der Waals surface area contributed by atoms with Crippen molar-refractivity contribution in [1.29, 1.82) is 0 Å². The van der Waals surface area contributed by atoms with E-state index in [4.69, 9.17) is 9.47 Å². The highest BCUT2D eigenvalue weighted by molar-refractivity contribution is 5.44. The fourth-order valence-electron chi connectivity index (χ4n) is 4.44. The zero-order chi connectivity index (χ0) is 15.8. The van der Waals surface area contributed by atoms with Gasteiger partial charge in [0.2, 0.25) is 6.79 Å². The van der Waals surface area contributed by atoms with Gasteiger partial charge in [0.15, 0.2) is 11.5 Å². The van der Waals surface area contributed by atoms with Gasteiger partial charge in [-0.2, -0.15) is 0 Å². The van der Waals surface area contributed by atoms with Crippen molar-refractivity contribution in [2.45, 2.75) is 45.2 Å². The SMILES string of the molecule is C[C@H](Cc1ccc2c(c1)OCO2)CN1C[C@@H]2CCCN2C[C@H]1C. The van der Waals surface area contributed by atoms with E-state index in [1.807, 2.05) is 6.07 Å². The van der Waals surface area contributed by atoms with Crippen LogP contribution >= 0.6 is 0 Å². The van der Waals surface area contributed by atoms with Crippen molar-refractivity contribution in [3.8, 4) is 11.5 Å². The molecule has 2 saturated heterocycles. The van der Waals surface area contributed by atoms with Gasteiger partial charge in [-0.05, 0) is 56.3 Å². The highest BCUT2D eigenvalue weighted by atomic mass is 16.7. The van der Waals surface area contributed by atoms with Gasteiger partial charge in [-0.1, -0.05) is 13.0 Å². The van der Waals surface area contributed by atoms with Crippen LogP contribution in [0.3, 0.4) is 0 Å². The van der Waals surface area contributed by atoms with Gasteiger partial charge >= 0.3 is 0 Å². The van der Waals surface area contributed by atoms with Crippen molar-refractivity contribution < 1.29 is 9.47 Å². The Morgan fingerprint density at radius 1 is 1.22 bits per heavy atom. The zero-order valence-electron chi connectivity index (χ0n) is 14.3. The van der Waals surface area contributed by atoms with E-state index in [2.05, 4.69) is 35.8 Å². The first-order valence-corrected chi connectivity index (χ1v) is 9.05. The zero-order valence-corrected chi connectivity index (χ0v) is 14.3. The van der Waals surface area contributed by atoms with E-state index in [-0.39, 0.29) is 0 Å². The summed E-state index contributed by atoms with van der Waals surface area (Å²) in [5.74, 6) is 2.45. The molecule has 0 spiro atoms. The van der Waals surface area contributed by atoms with Crippen LogP contribution in [-0.4, -0.2) is 54.9 Å². The highest BCUT2D eigenvalue weighted by Crippen LogP contribution is 2.33. The van der Waals surface area contributed by atoms with Crippen LogP contribution in [0.1, 0.15) is 32.3 Å². The molecule has 3 atom stereocenters. The normalized spacial score (nSPS) is 28.8. The Morgan fingerprint density at radius 3 is 3.00 bits per heavy atom. The van der Waals surface area contributed by atoms with Crippen molar-refractivity contribution in [2.75, 3.05) is 33.0 Å². The van der Waals surface area contributed by atoms with E-state index < -0.39 is 0 Å². The lowest BCUT2D eigenvalue weighted by atomic mass is 9.98. The first-order valence-electron chi connectivity index (χ1n) is 9.05. The van der Waals surface area contributed by atoms with Gasteiger partial charge in [0.1, 0.15) is 0 Å². The second kappa shape index (κ2) is 6.33. The minimum absolute atomic E-state index is 0.359. The van der Waals surface area contributed by atoms with Gasteiger partial charge in [-0.15, -0.1) is 0 Å². The van der Waals surface area contributed by atoms with Crippen molar-refractivity contribution >= 4 is 0 Å². The Balaban J connectivity index is 1.35. The van der Waals surface area contributed by atoms with Crippen molar-refractivity contribution in [2.24, 2.45) is 5.92 Å². The van der Waals surface area contributed by atoms with Crippen molar-refractivity contribution in [3.63, 3.8) is 0 Å². The van der Waals surface area contributed by atoms with Crippen LogP contribution in [-0.2, 0) is 6.42 Å². The molecule has 0 radical (unpaired) electrons. The van der Waals surface area contributed by atoms with Gasteiger partial charge in [0.25, 0.3) is 0 Å². The van der Waals surface area contributed by atoms with Crippen LogP contribution in [0.15, 0.2) is 18.2 Å². The molecule has 1 aromatic carbocycles. The summed E-state index contributed by atoms with van der Waals surface area (Å²) in [6.45, 7) is 10.1. The maximum atomic E-state index is 5.50. The lowest BCUT2D eigenvalue weighted by Gasteiger charge is -2.43. The van der Waals surface area contributed by atoms with Gasteiger partial charge < -0.3 is 9.47 Å². The van der Waals surface area contributed by atoms with E-state index in [1.54, 1.807) is 0 Å². The summed E-state index contributed by atoms with van der Waals surface area (Å²) in [6, 6.07) is 7.87. The summed E-state index contributed by atoms with van der Waals surface area (Å²) in [6.07, 6.45) is 3.88. The predicted octanol–water partition coefficient (Wildman–Crippen LogP) is 2.76. The van der Waals surface area contributed by atoms with Crippen LogP contribution in [0.2, 0.25) is 0 Å². The first kappa shape index (κ1) is 15.3. The summed E-state index contributed by atoms with van der Waals surface area (Å²) >= 11 is 0. The smallest absolute Gasteiger partial charge is 0.231 e. The van der Waals surface area contributed by atoms with E-state index >= 15 is 0 Å². The lowest BCUT2D eigenvalue weighted by Crippen LogP contribution is -2.55. The molecule has 126 valence electrons. The molecule has 0 N–H and O–H groups in total. The van der Waals surface area contributed by atoms with Gasteiger partial charge in [-0.25, -0.2) is 0 Å². The molecular formula is C19H28N2O2. The molecule has 0 unspecified atom stereocenters. The average molecular weight is 316 g/mol. The molecule has 3 heterocycles. The molecular weight excluding hydrogens is 288 g/mol. The third-order valence-electron chi connectivity index (χ3n) is 5.63. The van der Waals surface area contributed by atoms with Crippen LogP contribution in [0.25, 0.3) is 0 Å². The molecule has 2 fully saturated rings. The number of rotatable bonds is 4. The van der Waals surface area contributed by atoms with Gasteiger partial charge in [0, 0.05) is 31.7 Å². The highest BCUT2D eigenvalue weighted by Gasteiger charge is 2.34. The number of nitrogens with zero attached hydrogens (tertiary/aromatic N) is 2.